The first kappa shape index (κ1) is 35.0. The first-order valence-corrected chi connectivity index (χ1v) is 17.3. The second kappa shape index (κ2) is 20.7. The van der Waals surface area contributed by atoms with Gasteiger partial charge in [-0.05, 0) is 36.1 Å². The van der Waals surface area contributed by atoms with Crippen molar-refractivity contribution in [2.24, 2.45) is 0 Å². The zero-order chi connectivity index (χ0) is 29.8. The van der Waals surface area contributed by atoms with Gasteiger partial charge >= 0.3 is 7.60 Å². The Morgan fingerprint density at radius 2 is 1.32 bits per heavy atom. The normalized spacial score (nSPS) is 13.1. The van der Waals surface area contributed by atoms with Gasteiger partial charge in [0.1, 0.15) is 12.4 Å². The van der Waals surface area contributed by atoms with Crippen molar-refractivity contribution in [3.8, 4) is 5.75 Å². The van der Waals surface area contributed by atoms with Crippen molar-refractivity contribution in [2.45, 2.75) is 122 Å². The van der Waals surface area contributed by atoms with Crippen LogP contribution in [0.15, 0.2) is 54.6 Å². The third-order valence-electron chi connectivity index (χ3n) is 7.37. The molecule has 2 aromatic carbocycles. The van der Waals surface area contributed by atoms with E-state index in [2.05, 4.69) is 12.2 Å². The molecule has 0 unspecified atom stereocenters. The molecule has 0 aliphatic rings. The molecule has 0 aromatic heterocycles. The van der Waals surface area contributed by atoms with Crippen LogP contribution >= 0.6 is 7.60 Å². The molecular weight excluding hydrogens is 537 g/mol. The summed E-state index contributed by atoms with van der Waals surface area (Å²) in [6.07, 6.45) is 14.5. The monoisotopic (exact) mass is 589 g/mol. The molecule has 4 N–H and O–H groups in total. The number of aliphatic hydroxyl groups excluding tert-OH is 1. The van der Waals surface area contributed by atoms with E-state index in [1.54, 1.807) is 0 Å². The van der Waals surface area contributed by atoms with Crippen molar-refractivity contribution < 1.29 is 29.0 Å². The van der Waals surface area contributed by atoms with E-state index in [9.17, 15) is 24.3 Å². The van der Waals surface area contributed by atoms with Crippen LogP contribution in [0.25, 0.3) is 0 Å². The quantitative estimate of drug-likeness (QED) is 0.0798. The molecule has 2 aromatic rings. The van der Waals surface area contributed by atoms with Crippen molar-refractivity contribution in [2.75, 3.05) is 6.16 Å². The minimum absolute atomic E-state index is 0.203. The Morgan fingerprint density at radius 3 is 1.85 bits per heavy atom. The number of nitrogens with one attached hydrogen (secondary N) is 1. The zero-order valence-electron chi connectivity index (χ0n) is 24.9. The maximum Gasteiger partial charge on any atom is 0.328 e. The Hall–Kier alpha value is -2.18. The molecule has 7 nitrogen and oxygen atoms in total. The smallest absolute Gasteiger partial charge is 0.328 e. The van der Waals surface area contributed by atoms with Crippen molar-refractivity contribution in [3.63, 3.8) is 0 Å². The number of hydrogen-bond acceptors (Lipinski definition) is 4. The van der Waals surface area contributed by atoms with Gasteiger partial charge in [0.2, 0.25) is 5.91 Å². The average Bonchev–Trinajstić information content (AvgIpc) is 2.94. The summed E-state index contributed by atoms with van der Waals surface area (Å²) in [5.74, 6) is 0.488. The molecular formula is C33H52NO6P. The first-order chi connectivity index (χ1) is 19.8. The Labute approximate surface area is 247 Å². The lowest BCUT2D eigenvalue weighted by atomic mass is 10.0. The predicted molar refractivity (Wildman–Crippen MR) is 166 cm³/mol. The molecule has 0 aliphatic carbocycles. The Morgan fingerprint density at radius 1 is 0.780 bits per heavy atom. The van der Waals surface area contributed by atoms with Gasteiger partial charge in [-0.25, -0.2) is 0 Å². The second-order valence-electron chi connectivity index (χ2n) is 11.2. The van der Waals surface area contributed by atoms with E-state index in [0.717, 1.165) is 30.4 Å². The molecule has 0 spiro atoms. The minimum atomic E-state index is -4.44. The highest BCUT2D eigenvalue weighted by Gasteiger charge is 2.28. The number of amides is 1. The first-order valence-electron chi connectivity index (χ1n) is 15.5. The van der Waals surface area contributed by atoms with E-state index < -0.39 is 25.9 Å². The standard InChI is InChI=1S/C33H52NO6P/c1-2-3-4-5-6-7-8-9-10-11-12-13-17-20-33(36)34-31(32(35)27-41(37,38)39)25-28-21-23-30(24-22-28)40-26-29-18-15-14-16-19-29/h14-16,18-19,21-24,31-32,35H,2-13,17,20,25-27H2,1H3,(H,34,36)(H2,37,38,39)/t31-,32-/m0/s1. The van der Waals surface area contributed by atoms with E-state index in [1.807, 2.05) is 54.6 Å². The van der Waals surface area contributed by atoms with Crippen molar-refractivity contribution in [1.29, 1.82) is 0 Å². The summed E-state index contributed by atoms with van der Waals surface area (Å²) in [6, 6.07) is 16.4. The third kappa shape index (κ3) is 17.4. The van der Waals surface area contributed by atoms with Gasteiger partial charge in [0.25, 0.3) is 0 Å². The topological polar surface area (TPSA) is 116 Å². The van der Waals surface area contributed by atoms with Gasteiger partial charge in [-0.15, -0.1) is 0 Å². The van der Waals surface area contributed by atoms with Gasteiger partial charge in [-0.3, -0.25) is 9.36 Å². The molecule has 41 heavy (non-hydrogen) atoms. The fourth-order valence-electron chi connectivity index (χ4n) is 4.95. The van der Waals surface area contributed by atoms with Crippen molar-refractivity contribution in [1.82, 2.24) is 5.32 Å². The van der Waals surface area contributed by atoms with Gasteiger partial charge in [0.15, 0.2) is 0 Å². The number of carbonyl (C=O) groups excluding carboxylic acids is 1. The maximum absolute atomic E-state index is 12.7. The molecule has 0 bridgehead atoms. The molecule has 0 aliphatic heterocycles. The molecule has 0 heterocycles. The number of unbranched alkanes of at least 4 members (excludes halogenated alkanes) is 12. The molecule has 0 saturated heterocycles. The van der Waals surface area contributed by atoms with Crippen LogP contribution in [0.2, 0.25) is 0 Å². The van der Waals surface area contributed by atoms with Crippen LogP contribution in [0, 0.1) is 0 Å². The summed E-state index contributed by atoms with van der Waals surface area (Å²) < 4.78 is 17.4. The SMILES string of the molecule is CCCCCCCCCCCCCCCC(=O)N[C@@H](Cc1ccc(OCc2ccccc2)cc1)[C@@H](O)CP(=O)(O)O. The van der Waals surface area contributed by atoms with E-state index in [0.29, 0.717) is 18.8 Å². The second-order valence-corrected chi connectivity index (χ2v) is 12.9. The van der Waals surface area contributed by atoms with Crippen molar-refractivity contribution >= 4 is 13.5 Å². The molecule has 0 radical (unpaired) electrons. The highest BCUT2D eigenvalue weighted by Crippen LogP contribution is 2.35. The number of benzene rings is 2. The lowest BCUT2D eigenvalue weighted by Gasteiger charge is -2.25. The molecule has 230 valence electrons. The highest BCUT2D eigenvalue weighted by molar-refractivity contribution is 7.51. The highest BCUT2D eigenvalue weighted by atomic mass is 31.2. The lowest BCUT2D eigenvalue weighted by molar-refractivity contribution is -0.122. The fourth-order valence-corrected chi connectivity index (χ4v) is 5.69. The molecule has 8 heteroatoms. The largest absolute Gasteiger partial charge is 0.489 e. The molecule has 2 rings (SSSR count). The summed E-state index contributed by atoms with van der Waals surface area (Å²) in [4.78, 5) is 31.4. The van der Waals surface area contributed by atoms with Gasteiger partial charge in [0, 0.05) is 6.42 Å². The number of ether oxygens (including phenoxy) is 1. The number of aliphatic hydroxyl groups is 1. The van der Waals surface area contributed by atoms with Crippen LogP contribution in [-0.4, -0.2) is 39.1 Å². The van der Waals surface area contributed by atoms with Crippen LogP contribution in [0.3, 0.4) is 0 Å². The Kier molecular flexibility index (Phi) is 17.6. The van der Waals surface area contributed by atoms with Gasteiger partial charge in [0.05, 0.1) is 18.3 Å². The van der Waals surface area contributed by atoms with Crippen molar-refractivity contribution in [3.05, 3.63) is 65.7 Å². The Bertz CT molecular complexity index is 995. The summed E-state index contributed by atoms with van der Waals surface area (Å²) in [6.45, 7) is 2.69. The number of rotatable bonds is 23. The zero-order valence-corrected chi connectivity index (χ0v) is 25.8. The number of hydrogen-bond donors (Lipinski definition) is 4. The van der Waals surface area contributed by atoms with E-state index in [-0.39, 0.29) is 12.3 Å². The van der Waals surface area contributed by atoms with E-state index in [4.69, 9.17) is 4.74 Å². The molecule has 1 amide bonds. The fraction of sp³-hybridized carbons (Fsp3) is 0.606. The number of carbonyl (C=O) groups is 1. The van der Waals surface area contributed by atoms with Crippen LogP contribution < -0.4 is 10.1 Å². The van der Waals surface area contributed by atoms with Crippen LogP contribution in [0.1, 0.15) is 108 Å². The summed E-state index contributed by atoms with van der Waals surface area (Å²) in [5, 5.41) is 13.4. The molecule has 0 saturated carbocycles. The predicted octanol–water partition coefficient (Wildman–Crippen LogP) is 7.31. The minimum Gasteiger partial charge on any atom is -0.489 e. The van der Waals surface area contributed by atoms with Crippen LogP contribution in [0.5, 0.6) is 5.75 Å². The van der Waals surface area contributed by atoms with Gasteiger partial charge < -0.3 is 24.9 Å². The molecule has 2 atom stereocenters. The van der Waals surface area contributed by atoms with Gasteiger partial charge in [-0.1, -0.05) is 126 Å². The van der Waals surface area contributed by atoms with E-state index >= 15 is 0 Å². The summed E-state index contributed by atoms with van der Waals surface area (Å²) in [7, 11) is -4.44. The summed E-state index contributed by atoms with van der Waals surface area (Å²) >= 11 is 0. The lowest BCUT2D eigenvalue weighted by Crippen LogP contribution is -2.46. The van der Waals surface area contributed by atoms with Gasteiger partial charge in [-0.2, -0.15) is 0 Å². The van der Waals surface area contributed by atoms with E-state index in [1.165, 1.54) is 64.2 Å². The average molecular weight is 590 g/mol. The molecule has 0 fully saturated rings. The Balaban J connectivity index is 1.71. The summed E-state index contributed by atoms with van der Waals surface area (Å²) in [5.41, 5.74) is 1.89. The maximum atomic E-state index is 12.7. The van der Waals surface area contributed by atoms with Crippen LogP contribution in [-0.2, 0) is 22.4 Å². The van der Waals surface area contributed by atoms with Crippen LogP contribution in [0.4, 0.5) is 0 Å². The third-order valence-corrected chi connectivity index (χ3v) is 8.22.